The second-order valence-corrected chi connectivity index (χ2v) is 9.33. The van der Waals surface area contributed by atoms with E-state index in [1.165, 1.54) is 12.1 Å². The van der Waals surface area contributed by atoms with Crippen molar-refractivity contribution in [3.63, 3.8) is 0 Å². The molecule has 2 saturated heterocycles. The van der Waals surface area contributed by atoms with E-state index in [0.717, 1.165) is 38.0 Å². The van der Waals surface area contributed by atoms with Gasteiger partial charge in [-0.2, -0.15) is 0 Å². The molecular weight excluding hydrogens is 451 g/mol. The molecule has 4 rings (SSSR count). The molecule has 2 aliphatic heterocycles. The minimum atomic E-state index is -0.326. The van der Waals surface area contributed by atoms with Crippen molar-refractivity contribution in [3.8, 4) is 17.2 Å². The van der Waals surface area contributed by atoms with Gasteiger partial charge in [0.2, 0.25) is 5.91 Å². The van der Waals surface area contributed by atoms with Crippen LogP contribution in [0, 0.1) is 17.7 Å². The van der Waals surface area contributed by atoms with Gasteiger partial charge in [0.25, 0.3) is 0 Å². The third kappa shape index (κ3) is 7.08. The molecule has 2 aliphatic rings. The largest absolute Gasteiger partial charge is 0.493 e. The third-order valence-electron chi connectivity index (χ3n) is 6.65. The van der Waals surface area contributed by atoms with Crippen molar-refractivity contribution >= 4 is 5.91 Å². The average Bonchev–Trinajstić information content (AvgIpc) is 3.39. The first-order chi connectivity index (χ1) is 17.0. The van der Waals surface area contributed by atoms with Crippen molar-refractivity contribution in [2.75, 3.05) is 47.1 Å². The van der Waals surface area contributed by atoms with Crippen LogP contribution in [0.3, 0.4) is 0 Å². The van der Waals surface area contributed by atoms with Crippen LogP contribution >= 0.6 is 0 Å². The van der Waals surface area contributed by atoms with E-state index in [4.69, 9.17) is 18.9 Å². The molecule has 2 heterocycles. The summed E-state index contributed by atoms with van der Waals surface area (Å²) in [5, 5.41) is 3.10. The van der Waals surface area contributed by atoms with Gasteiger partial charge in [-0.3, -0.25) is 9.69 Å². The van der Waals surface area contributed by atoms with Gasteiger partial charge < -0.3 is 24.3 Å². The number of amides is 1. The zero-order chi connectivity index (χ0) is 24.6. The number of ether oxygens (including phenoxy) is 4. The Balaban J connectivity index is 1.42. The lowest BCUT2D eigenvalue weighted by Gasteiger charge is -2.37. The van der Waals surface area contributed by atoms with Gasteiger partial charge in [-0.05, 0) is 49.1 Å². The molecular formula is C27H35FN2O5. The van der Waals surface area contributed by atoms with Crippen molar-refractivity contribution < 1.29 is 28.1 Å². The predicted molar refractivity (Wildman–Crippen MR) is 130 cm³/mol. The quantitative estimate of drug-likeness (QED) is 0.553. The summed E-state index contributed by atoms with van der Waals surface area (Å²) in [6, 6.07) is 12.0. The van der Waals surface area contributed by atoms with Crippen LogP contribution in [-0.2, 0) is 16.1 Å². The van der Waals surface area contributed by atoms with Crippen LogP contribution in [0.15, 0.2) is 42.5 Å². The van der Waals surface area contributed by atoms with Crippen molar-refractivity contribution in [1.82, 2.24) is 10.2 Å². The number of hydrogen-bond donors (Lipinski definition) is 1. The minimum Gasteiger partial charge on any atom is -0.493 e. The van der Waals surface area contributed by atoms with E-state index in [-0.39, 0.29) is 29.7 Å². The highest BCUT2D eigenvalue weighted by atomic mass is 19.1. The van der Waals surface area contributed by atoms with Crippen LogP contribution in [0.5, 0.6) is 17.2 Å². The minimum absolute atomic E-state index is 0.0493. The Bertz CT molecular complexity index is 982. The summed E-state index contributed by atoms with van der Waals surface area (Å²) in [6.45, 7) is 3.84. The molecule has 2 fully saturated rings. The Labute approximate surface area is 206 Å². The summed E-state index contributed by atoms with van der Waals surface area (Å²) >= 11 is 0. The number of likely N-dealkylation sites (tertiary alicyclic amines) is 1. The Morgan fingerprint density at radius 2 is 2.00 bits per heavy atom. The fourth-order valence-electron chi connectivity index (χ4n) is 4.91. The van der Waals surface area contributed by atoms with Crippen LogP contribution in [0.4, 0.5) is 4.39 Å². The summed E-state index contributed by atoms with van der Waals surface area (Å²) in [5.41, 5.74) is 1.08. The van der Waals surface area contributed by atoms with Gasteiger partial charge >= 0.3 is 0 Å². The number of piperidine rings is 1. The second kappa shape index (κ2) is 12.2. The summed E-state index contributed by atoms with van der Waals surface area (Å²) in [6.07, 6.45) is 2.86. The van der Waals surface area contributed by atoms with E-state index in [1.54, 1.807) is 26.4 Å². The lowest BCUT2D eigenvalue weighted by Crippen LogP contribution is -2.48. The van der Waals surface area contributed by atoms with Crippen molar-refractivity contribution in [1.29, 1.82) is 0 Å². The maximum absolute atomic E-state index is 13.6. The molecule has 0 aromatic heterocycles. The Morgan fingerprint density at radius 1 is 1.14 bits per heavy atom. The van der Waals surface area contributed by atoms with E-state index < -0.39 is 0 Å². The monoisotopic (exact) mass is 486 g/mol. The Kier molecular flexibility index (Phi) is 8.82. The highest BCUT2D eigenvalue weighted by Crippen LogP contribution is 2.30. The summed E-state index contributed by atoms with van der Waals surface area (Å²) in [4.78, 5) is 15.4. The number of hydrogen-bond acceptors (Lipinski definition) is 6. The summed E-state index contributed by atoms with van der Waals surface area (Å²) in [5.74, 6) is 1.56. The number of halogens is 1. The standard InChI is InChI=1S/C27H35FN2O5/c1-32-25-9-8-19(12-26(25)33-2)15-30-16-20(18-35-23-6-3-5-22(28)13-23)11-21(17-30)27(31)29-14-24-7-4-10-34-24/h3,5-6,8-9,12-13,20-21,24H,4,7,10-11,14-18H2,1-2H3,(H,29,31)/t20-,21+,24?/m0/s1. The molecule has 0 aliphatic carbocycles. The number of methoxy groups -OCH3 is 2. The van der Waals surface area contributed by atoms with Gasteiger partial charge in [0.05, 0.1) is 32.8 Å². The molecule has 2 aromatic carbocycles. The molecule has 8 heteroatoms. The lowest BCUT2D eigenvalue weighted by atomic mass is 9.88. The van der Waals surface area contributed by atoms with Gasteiger partial charge in [-0.25, -0.2) is 4.39 Å². The van der Waals surface area contributed by atoms with Crippen LogP contribution < -0.4 is 19.5 Å². The van der Waals surface area contributed by atoms with Gasteiger partial charge in [0.15, 0.2) is 11.5 Å². The molecule has 2 aromatic rings. The van der Waals surface area contributed by atoms with Gasteiger partial charge in [-0.15, -0.1) is 0 Å². The highest BCUT2D eigenvalue weighted by molar-refractivity contribution is 5.79. The SMILES string of the molecule is COc1ccc(CN2C[C@@H](COc3cccc(F)c3)C[C@@H](C(=O)NCC3CCCO3)C2)cc1OC. The number of carbonyl (C=O) groups is 1. The Morgan fingerprint density at radius 3 is 2.74 bits per heavy atom. The molecule has 35 heavy (non-hydrogen) atoms. The number of rotatable bonds is 10. The topological polar surface area (TPSA) is 69.3 Å². The number of carbonyl (C=O) groups excluding carboxylic acids is 1. The van der Waals surface area contributed by atoms with Crippen molar-refractivity contribution in [2.24, 2.45) is 11.8 Å². The zero-order valence-corrected chi connectivity index (χ0v) is 20.5. The highest BCUT2D eigenvalue weighted by Gasteiger charge is 2.32. The van der Waals surface area contributed by atoms with Crippen LogP contribution in [0.25, 0.3) is 0 Å². The molecule has 3 atom stereocenters. The van der Waals surface area contributed by atoms with Crippen LogP contribution in [-0.4, -0.2) is 64.0 Å². The predicted octanol–water partition coefficient (Wildman–Crippen LogP) is 3.66. The molecule has 0 spiro atoms. The lowest BCUT2D eigenvalue weighted by molar-refractivity contribution is -0.128. The van der Waals surface area contributed by atoms with Crippen molar-refractivity contribution in [2.45, 2.75) is 31.9 Å². The fourth-order valence-corrected chi connectivity index (χ4v) is 4.91. The molecule has 0 bridgehead atoms. The van der Waals surface area contributed by atoms with E-state index in [1.807, 2.05) is 18.2 Å². The smallest absolute Gasteiger partial charge is 0.224 e. The summed E-state index contributed by atoms with van der Waals surface area (Å²) in [7, 11) is 3.24. The Hall–Kier alpha value is -2.84. The second-order valence-electron chi connectivity index (χ2n) is 9.33. The molecule has 7 nitrogen and oxygen atoms in total. The number of nitrogens with one attached hydrogen (secondary N) is 1. The summed E-state index contributed by atoms with van der Waals surface area (Å²) < 4.78 is 35.9. The van der Waals surface area contributed by atoms with Gasteiger partial charge in [-0.1, -0.05) is 12.1 Å². The first-order valence-electron chi connectivity index (χ1n) is 12.2. The molecule has 190 valence electrons. The van der Waals surface area contributed by atoms with Crippen molar-refractivity contribution in [3.05, 3.63) is 53.8 Å². The maximum Gasteiger partial charge on any atom is 0.224 e. The first-order valence-corrected chi connectivity index (χ1v) is 12.2. The average molecular weight is 487 g/mol. The molecule has 0 radical (unpaired) electrons. The van der Waals surface area contributed by atoms with E-state index >= 15 is 0 Å². The van der Waals surface area contributed by atoms with Crippen LogP contribution in [0.2, 0.25) is 0 Å². The van der Waals surface area contributed by atoms with Gasteiger partial charge in [0, 0.05) is 44.8 Å². The van der Waals surface area contributed by atoms with E-state index in [0.29, 0.717) is 43.5 Å². The molecule has 1 N–H and O–H groups in total. The van der Waals surface area contributed by atoms with E-state index in [2.05, 4.69) is 10.2 Å². The van der Waals surface area contributed by atoms with Gasteiger partial charge in [0.1, 0.15) is 11.6 Å². The first kappa shape index (κ1) is 25.3. The van der Waals surface area contributed by atoms with E-state index in [9.17, 15) is 9.18 Å². The van der Waals surface area contributed by atoms with Crippen LogP contribution in [0.1, 0.15) is 24.8 Å². The normalized spacial score (nSPS) is 22.5. The number of benzene rings is 2. The zero-order valence-electron chi connectivity index (χ0n) is 20.5. The maximum atomic E-state index is 13.6. The fraction of sp³-hybridized carbons (Fsp3) is 0.519. The third-order valence-corrected chi connectivity index (χ3v) is 6.65. The number of nitrogens with zero attached hydrogens (tertiary/aromatic N) is 1. The molecule has 0 saturated carbocycles. The molecule has 1 amide bonds. The molecule has 1 unspecified atom stereocenters.